The van der Waals surface area contributed by atoms with E-state index in [9.17, 15) is 4.79 Å². The van der Waals surface area contributed by atoms with Gasteiger partial charge in [0.2, 0.25) is 5.75 Å². The summed E-state index contributed by atoms with van der Waals surface area (Å²) in [6.07, 6.45) is 0. The molecule has 0 saturated heterocycles. The minimum absolute atomic E-state index is 0.209. The van der Waals surface area contributed by atoms with Gasteiger partial charge in [0.25, 0.3) is 5.91 Å². The average molecular weight is 625 g/mol. The monoisotopic (exact) mass is 624 g/mol. The van der Waals surface area contributed by atoms with E-state index in [0.717, 1.165) is 27.3 Å². The third-order valence-corrected chi connectivity index (χ3v) is 7.84. The molecule has 11 heteroatoms. The van der Waals surface area contributed by atoms with E-state index in [1.807, 2.05) is 66.7 Å². The van der Waals surface area contributed by atoms with Crippen LogP contribution in [-0.2, 0) is 0 Å². The molecule has 0 radical (unpaired) electrons. The minimum Gasteiger partial charge on any atom is -0.493 e. The molecule has 0 unspecified atom stereocenters. The molecular formula is C33H25ClN4O5S. The smallest absolute Gasteiger partial charge is 0.255 e. The number of halogens is 1. The molecule has 44 heavy (non-hydrogen) atoms. The number of ether oxygens (including phenoxy) is 3. The molecule has 6 aromatic rings. The zero-order valence-electron chi connectivity index (χ0n) is 23.8. The van der Waals surface area contributed by atoms with Crippen molar-refractivity contribution in [2.75, 3.05) is 26.6 Å². The number of anilines is 1. The number of rotatable bonds is 9. The van der Waals surface area contributed by atoms with Gasteiger partial charge in [0, 0.05) is 44.6 Å². The van der Waals surface area contributed by atoms with Gasteiger partial charge in [0.15, 0.2) is 23.1 Å². The summed E-state index contributed by atoms with van der Waals surface area (Å²) in [6, 6.07) is 27.5. The lowest BCUT2D eigenvalue weighted by Gasteiger charge is -2.12. The molecule has 220 valence electrons. The standard InChI is InChI=1S/C33H25ClN4O5S/c1-40-28-16-23(17-29(41-2)30(28)42-3)27-18-26(37-43-27)19-4-6-20(7-5-19)31-36-33(44-38-31)22-10-14-25(15-11-22)35-32(39)21-8-12-24(34)13-9-21/h4-18H,1-3H3,(H,35,39). The predicted molar refractivity (Wildman–Crippen MR) is 171 cm³/mol. The summed E-state index contributed by atoms with van der Waals surface area (Å²) in [7, 11) is 4.69. The minimum atomic E-state index is -0.209. The molecule has 0 spiro atoms. The van der Waals surface area contributed by atoms with Crippen molar-refractivity contribution in [2.24, 2.45) is 0 Å². The second-order valence-electron chi connectivity index (χ2n) is 9.53. The lowest BCUT2D eigenvalue weighted by Crippen LogP contribution is -2.11. The highest BCUT2D eigenvalue weighted by molar-refractivity contribution is 7.09. The maximum absolute atomic E-state index is 12.5. The van der Waals surface area contributed by atoms with Crippen LogP contribution in [0.2, 0.25) is 5.02 Å². The number of benzene rings is 4. The van der Waals surface area contributed by atoms with E-state index in [0.29, 0.717) is 50.8 Å². The molecule has 0 fully saturated rings. The lowest BCUT2D eigenvalue weighted by molar-refractivity contribution is 0.102. The molecule has 1 amide bonds. The van der Waals surface area contributed by atoms with E-state index in [1.54, 1.807) is 45.6 Å². The van der Waals surface area contributed by atoms with E-state index >= 15 is 0 Å². The topological polar surface area (TPSA) is 109 Å². The normalized spacial score (nSPS) is 10.8. The van der Waals surface area contributed by atoms with E-state index in [4.69, 9.17) is 35.3 Å². The van der Waals surface area contributed by atoms with Gasteiger partial charge in [-0.15, -0.1) is 0 Å². The molecule has 0 saturated carbocycles. The number of amides is 1. The van der Waals surface area contributed by atoms with Crippen LogP contribution in [0, 0.1) is 0 Å². The van der Waals surface area contributed by atoms with E-state index in [-0.39, 0.29) is 5.91 Å². The zero-order chi connectivity index (χ0) is 30.6. The van der Waals surface area contributed by atoms with Crippen molar-refractivity contribution in [1.82, 2.24) is 14.5 Å². The third kappa shape index (κ3) is 5.98. The summed E-state index contributed by atoms with van der Waals surface area (Å²) >= 11 is 7.22. The van der Waals surface area contributed by atoms with Crippen LogP contribution in [0.25, 0.3) is 44.5 Å². The highest BCUT2D eigenvalue weighted by atomic mass is 35.5. The van der Waals surface area contributed by atoms with Gasteiger partial charge in [0.1, 0.15) is 10.7 Å². The van der Waals surface area contributed by atoms with Crippen molar-refractivity contribution in [3.63, 3.8) is 0 Å². The van der Waals surface area contributed by atoms with Crippen LogP contribution in [-0.4, -0.2) is 41.8 Å². The summed E-state index contributed by atoms with van der Waals surface area (Å²) in [5, 5.41) is 8.50. The molecule has 2 heterocycles. The highest BCUT2D eigenvalue weighted by Gasteiger charge is 2.17. The molecule has 9 nitrogen and oxygen atoms in total. The maximum atomic E-state index is 12.5. The first-order valence-corrected chi connectivity index (χ1v) is 14.5. The summed E-state index contributed by atoms with van der Waals surface area (Å²) in [5.41, 5.74) is 5.27. The van der Waals surface area contributed by atoms with Crippen LogP contribution in [0.15, 0.2) is 95.5 Å². The van der Waals surface area contributed by atoms with Crippen LogP contribution in [0.5, 0.6) is 17.2 Å². The van der Waals surface area contributed by atoms with Crippen molar-refractivity contribution in [2.45, 2.75) is 0 Å². The molecular weight excluding hydrogens is 600 g/mol. The molecule has 0 aliphatic heterocycles. The number of carbonyl (C=O) groups is 1. The van der Waals surface area contributed by atoms with Crippen LogP contribution < -0.4 is 19.5 Å². The predicted octanol–water partition coefficient (Wildman–Crippen LogP) is 8.13. The van der Waals surface area contributed by atoms with Crippen LogP contribution >= 0.6 is 23.1 Å². The molecule has 4 aromatic carbocycles. The zero-order valence-corrected chi connectivity index (χ0v) is 25.4. The van der Waals surface area contributed by atoms with Crippen LogP contribution in [0.4, 0.5) is 5.69 Å². The third-order valence-electron chi connectivity index (χ3n) is 6.82. The van der Waals surface area contributed by atoms with Crippen LogP contribution in [0.1, 0.15) is 10.4 Å². The van der Waals surface area contributed by atoms with Gasteiger partial charge in [-0.25, -0.2) is 4.98 Å². The number of hydrogen-bond donors (Lipinski definition) is 1. The Morgan fingerprint density at radius 2 is 1.41 bits per heavy atom. The summed E-state index contributed by atoms with van der Waals surface area (Å²) in [4.78, 5) is 17.2. The fourth-order valence-corrected chi connectivity index (χ4v) is 5.33. The summed E-state index contributed by atoms with van der Waals surface area (Å²) in [6.45, 7) is 0. The molecule has 0 bridgehead atoms. The van der Waals surface area contributed by atoms with E-state index in [1.165, 1.54) is 11.5 Å². The average Bonchev–Trinajstić information content (AvgIpc) is 3.76. The number of nitrogens with one attached hydrogen (secondary N) is 1. The second kappa shape index (κ2) is 12.6. The highest BCUT2D eigenvalue weighted by Crippen LogP contribution is 2.41. The Bertz CT molecular complexity index is 1890. The number of carbonyl (C=O) groups excluding carboxylic acids is 1. The van der Waals surface area contributed by atoms with Crippen molar-refractivity contribution in [3.05, 3.63) is 102 Å². The number of methoxy groups -OCH3 is 3. The maximum Gasteiger partial charge on any atom is 0.255 e. The van der Waals surface area contributed by atoms with Crippen molar-refractivity contribution >= 4 is 34.7 Å². The Hall–Kier alpha value is -5.19. The van der Waals surface area contributed by atoms with Crippen LogP contribution in [0.3, 0.4) is 0 Å². The van der Waals surface area contributed by atoms with Gasteiger partial charge >= 0.3 is 0 Å². The summed E-state index contributed by atoms with van der Waals surface area (Å²) < 4.78 is 26.5. The first kappa shape index (κ1) is 28.9. The van der Waals surface area contributed by atoms with Gasteiger partial charge in [-0.3, -0.25) is 4.79 Å². The first-order chi connectivity index (χ1) is 21.4. The van der Waals surface area contributed by atoms with Crippen molar-refractivity contribution in [3.8, 4) is 61.8 Å². The Kier molecular flexibility index (Phi) is 8.27. The van der Waals surface area contributed by atoms with Gasteiger partial charge < -0.3 is 24.1 Å². The van der Waals surface area contributed by atoms with Gasteiger partial charge in [-0.1, -0.05) is 41.0 Å². The van der Waals surface area contributed by atoms with Crippen molar-refractivity contribution in [1.29, 1.82) is 0 Å². The van der Waals surface area contributed by atoms with Gasteiger partial charge in [-0.2, -0.15) is 4.37 Å². The number of aromatic nitrogens is 3. The first-order valence-electron chi connectivity index (χ1n) is 13.3. The second-order valence-corrected chi connectivity index (χ2v) is 10.7. The molecule has 2 aromatic heterocycles. The quantitative estimate of drug-likeness (QED) is 0.172. The fraction of sp³-hybridized carbons (Fsp3) is 0.0909. The molecule has 0 aliphatic carbocycles. The lowest BCUT2D eigenvalue weighted by atomic mass is 10.1. The number of hydrogen-bond acceptors (Lipinski definition) is 9. The Labute approximate surface area is 262 Å². The molecule has 0 aliphatic rings. The Morgan fingerprint density at radius 1 is 0.773 bits per heavy atom. The summed E-state index contributed by atoms with van der Waals surface area (Å²) in [5.74, 6) is 2.52. The van der Waals surface area contributed by atoms with E-state index in [2.05, 4.69) is 14.8 Å². The van der Waals surface area contributed by atoms with Gasteiger partial charge in [-0.05, 0) is 72.2 Å². The Morgan fingerprint density at radius 3 is 2.05 bits per heavy atom. The fourth-order valence-electron chi connectivity index (χ4n) is 4.52. The van der Waals surface area contributed by atoms with Gasteiger partial charge in [0.05, 0.1) is 21.3 Å². The molecule has 6 rings (SSSR count). The van der Waals surface area contributed by atoms with E-state index < -0.39 is 0 Å². The number of nitrogens with zero attached hydrogens (tertiary/aromatic N) is 3. The molecule has 1 N–H and O–H groups in total. The Balaban J connectivity index is 1.15. The van der Waals surface area contributed by atoms with Crippen molar-refractivity contribution < 1.29 is 23.5 Å². The SMILES string of the molecule is COc1cc(-c2cc(-c3ccc(-c4nsc(-c5ccc(NC(=O)c6ccc(Cl)cc6)cc5)n4)cc3)no2)cc(OC)c1OC. The molecule has 0 atom stereocenters. The largest absolute Gasteiger partial charge is 0.493 e.